The molecule has 1 heterocycles. The number of carbonyl (C=O) groups excluding carboxylic acids is 1. The van der Waals surface area contributed by atoms with Gasteiger partial charge in [0.25, 0.3) is 5.91 Å². The van der Waals surface area contributed by atoms with Gasteiger partial charge < -0.3 is 15.7 Å². The van der Waals surface area contributed by atoms with Gasteiger partial charge in [-0.3, -0.25) is 4.79 Å². The van der Waals surface area contributed by atoms with Crippen molar-refractivity contribution in [3.63, 3.8) is 0 Å². The van der Waals surface area contributed by atoms with E-state index in [9.17, 15) is 9.90 Å². The van der Waals surface area contributed by atoms with Gasteiger partial charge in [-0.05, 0) is 43.9 Å². The number of hydrogen-bond donors (Lipinski definition) is 2. The third-order valence-corrected chi connectivity index (χ3v) is 5.32. The van der Waals surface area contributed by atoms with E-state index in [1.807, 2.05) is 30.0 Å². The molecule has 1 amide bonds. The summed E-state index contributed by atoms with van der Waals surface area (Å²) in [6.07, 6.45) is 4.87. The van der Waals surface area contributed by atoms with E-state index in [0.717, 1.165) is 31.2 Å². The number of rotatable bonds is 1. The summed E-state index contributed by atoms with van der Waals surface area (Å²) in [6.45, 7) is 3.20. The SMILES string of the molecule is Cc1c(N)cccc1C(=O)N1CCC2(O)CCCCC2C1. The van der Waals surface area contributed by atoms with E-state index >= 15 is 0 Å². The molecule has 1 aliphatic heterocycles. The molecule has 1 saturated heterocycles. The lowest BCUT2D eigenvalue weighted by atomic mass is 9.71. The molecule has 2 aliphatic rings. The molecule has 1 saturated carbocycles. The minimum atomic E-state index is -0.542. The quantitative estimate of drug-likeness (QED) is 0.780. The summed E-state index contributed by atoms with van der Waals surface area (Å²) in [4.78, 5) is 14.6. The van der Waals surface area contributed by atoms with Crippen LogP contribution in [0.5, 0.6) is 0 Å². The Morgan fingerprint density at radius 1 is 1.38 bits per heavy atom. The molecule has 1 aliphatic carbocycles. The average molecular weight is 288 g/mol. The summed E-state index contributed by atoms with van der Waals surface area (Å²) < 4.78 is 0. The number of carbonyl (C=O) groups is 1. The molecule has 114 valence electrons. The van der Waals surface area contributed by atoms with Gasteiger partial charge in [-0.15, -0.1) is 0 Å². The fraction of sp³-hybridized carbons (Fsp3) is 0.588. The topological polar surface area (TPSA) is 66.6 Å². The minimum Gasteiger partial charge on any atom is -0.398 e. The van der Waals surface area contributed by atoms with E-state index in [2.05, 4.69) is 0 Å². The van der Waals surface area contributed by atoms with E-state index in [1.165, 1.54) is 0 Å². The van der Waals surface area contributed by atoms with Gasteiger partial charge >= 0.3 is 0 Å². The lowest BCUT2D eigenvalue weighted by Crippen LogP contribution is -2.54. The molecule has 2 atom stereocenters. The molecule has 2 fully saturated rings. The highest BCUT2D eigenvalue weighted by Gasteiger charge is 2.43. The maximum absolute atomic E-state index is 12.7. The van der Waals surface area contributed by atoms with Gasteiger partial charge in [0.2, 0.25) is 0 Å². The van der Waals surface area contributed by atoms with Gasteiger partial charge in [0.1, 0.15) is 0 Å². The number of likely N-dealkylation sites (tertiary alicyclic amines) is 1. The van der Waals surface area contributed by atoms with Gasteiger partial charge in [0.15, 0.2) is 0 Å². The van der Waals surface area contributed by atoms with E-state index < -0.39 is 5.60 Å². The molecule has 21 heavy (non-hydrogen) atoms. The lowest BCUT2D eigenvalue weighted by molar-refractivity contribution is -0.0886. The number of amides is 1. The summed E-state index contributed by atoms with van der Waals surface area (Å²) in [6, 6.07) is 5.49. The van der Waals surface area contributed by atoms with Crippen LogP contribution in [0, 0.1) is 12.8 Å². The fourth-order valence-electron chi connectivity index (χ4n) is 3.81. The molecule has 0 bridgehead atoms. The molecular weight excluding hydrogens is 264 g/mol. The number of piperidine rings is 1. The zero-order valence-corrected chi connectivity index (χ0v) is 12.6. The number of fused-ring (bicyclic) bond motifs is 1. The van der Waals surface area contributed by atoms with Crippen molar-refractivity contribution in [3.05, 3.63) is 29.3 Å². The number of nitrogens with zero attached hydrogens (tertiary/aromatic N) is 1. The number of hydrogen-bond acceptors (Lipinski definition) is 3. The van der Waals surface area contributed by atoms with E-state index in [1.54, 1.807) is 0 Å². The molecule has 0 radical (unpaired) electrons. The Morgan fingerprint density at radius 3 is 3.00 bits per heavy atom. The van der Waals surface area contributed by atoms with Crippen molar-refractivity contribution >= 4 is 11.6 Å². The Hall–Kier alpha value is -1.55. The summed E-state index contributed by atoms with van der Waals surface area (Å²) in [5, 5.41) is 10.7. The Balaban J connectivity index is 1.79. The van der Waals surface area contributed by atoms with E-state index in [0.29, 0.717) is 30.8 Å². The van der Waals surface area contributed by atoms with Crippen LogP contribution < -0.4 is 5.73 Å². The van der Waals surface area contributed by atoms with Gasteiger partial charge in [-0.1, -0.05) is 18.9 Å². The molecular formula is C17H24N2O2. The van der Waals surface area contributed by atoms with Crippen LogP contribution in [0.3, 0.4) is 0 Å². The molecule has 1 aromatic carbocycles. The van der Waals surface area contributed by atoms with Crippen molar-refractivity contribution < 1.29 is 9.90 Å². The molecule has 1 aromatic rings. The highest BCUT2D eigenvalue weighted by Crippen LogP contribution is 2.40. The standard InChI is InChI=1S/C17H24N2O2/c1-12-14(6-4-7-15(12)18)16(20)19-10-9-17(21)8-3-2-5-13(17)11-19/h4,6-7,13,21H,2-3,5,8-11,18H2,1H3. The third kappa shape index (κ3) is 2.53. The number of benzene rings is 1. The monoisotopic (exact) mass is 288 g/mol. The maximum Gasteiger partial charge on any atom is 0.254 e. The smallest absolute Gasteiger partial charge is 0.254 e. The van der Waals surface area contributed by atoms with Crippen molar-refractivity contribution in [2.24, 2.45) is 5.92 Å². The van der Waals surface area contributed by atoms with Crippen LogP contribution in [-0.2, 0) is 0 Å². The molecule has 3 rings (SSSR count). The first-order chi connectivity index (χ1) is 10.0. The Kier molecular flexibility index (Phi) is 3.66. The average Bonchev–Trinajstić information content (AvgIpc) is 2.48. The molecule has 2 unspecified atom stereocenters. The highest BCUT2D eigenvalue weighted by atomic mass is 16.3. The first-order valence-electron chi connectivity index (χ1n) is 7.88. The summed E-state index contributed by atoms with van der Waals surface area (Å²) in [5.41, 5.74) is 7.57. The predicted molar refractivity (Wildman–Crippen MR) is 83.0 cm³/mol. The minimum absolute atomic E-state index is 0.0485. The normalized spacial score (nSPS) is 29.0. The van der Waals surface area contributed by atoms with Crippen LogP contribution in [-0.4, -0.2) is 34.6 Å². The molecule has 4 nitrogen and oxygen atoms in total. The van der Waals surface area contributed by atoms with Crippen molar-refractivity contribution in [2.45, 2.75) is 44.6 Å². The van der Waals surface area contributed by atoms with Gasteiger partial charge in [-0.25, -0.2) is 0 Å². The summed E-state index contributed by atoms with van der Waals surface area (Å²) in [5.74, 6) is 0.276. The van der Waals surface area contributed by atoms with Crippen molar-refractivity contribution in [2.75, 3.05) is 18.8 Å². The lowest BCUT2D eigenvalue weighted by Gasteiger charge is -2.47. The van der Waals surface area contributed by atoms with Crippen LogP contribution in [0.15, 0.2) is 18.2 Å². The second-order valence-corrected chi connectivity index (χ2v) is 6.57. The van der Waals surface area contributed by atoms with Gasteiger partial charge in [-0.2, -0.15) is 0 Å². The number of nitrogen functional groups attached to an aromatic ring is 1. The van der Waals surface area contributed by atoms with Crippen molar-refractivity contribution in [1.29, 1.82) is 0 Å². The molecule has 4 heteroatoms. The Bertz CT molecular complexity index is 558. The highest BCUT2D eigenvalue weighted by molar-refractivity contribution is 5.97. The van der Waals surface area contributed by atoms with Crippen molar-refractivity contribution in [3.8, 4) is 0 Å². The number of nitrogens with two attached hydrogens (primary N) is 1. The Morgan fingerprint density at radius 2 is 2.19 bits per heavy atom. The molecule has 0 spiro atoms. The maximum atomic E-state index is 12.7. The van der Waals surface area contributed by atoms with Gasteiger partial charge in [0, 0.05) is 30.3 Å². The third-order valence-electron chi connectivity index (χ3n) is 5.32. The second-order valence-electron chi connectivity index (χ2n) is 6.57. The van der Waals surface area contributed by atoms with Crippen LogP contribution in [0.1, 0.15) is 48.0 Å². The summed E-state index contributed by atoms with van der Waals surface area (Å²) >= 11 is 0. The molecule has 3 N–H and O–H groups in total. The van der Waals surface area contributed by atoms with E-state index in [-0.39, 0.29) is 11.8 Å². The second kappa shape index (κ2) is 5.34. The van der Waals surface area contributed by atoms with Crippen LogP contribution in [0.25, 0.3) is 0 Å². The zero-order chi connectivity index (χ0) is 15.0. The number of aliphatic hydroxyl groups is 1. The van der Waals surface area contributed by atoms with Crippen LogP contribution in [0.4, 0.5) is 5.69 Å². The first-order valence-corrected chi connectivity index (χ1v) is 7.88. The largest absolute Gasteiger partial charge is 0.398 e. The molecule has 0 aromatic heterocycles. The zero-order valence-electron chi connectivity index (χ0n) is 12.6. The van der Waals surface area contributed by atoms with Gasteiger partial charge in [0.05, 0.1) is 5.60 Å². The van der Waals surface area contributed by atoms with Crippen LogP contribution >= 0.6 is 0 Å². The predicted octanol–water partition coefficient (Wildman–Crippen LogP) is 2.34. The number of anilines is 1. The summed E-state index contributed by atoms with van der Waals surface area (Å²) in [7, 11) is 0. The van der Waals surface area contributed by atoms with E-state index in [4.69, 9.17) is 5.73 Å². The van der Waals surface area contributed by atoms with Crippen LogP contribution in [0.2, 0.25) is 0 Å². The Labute approximate surface area is 125 Å². The fourth-order valence-corrected chi connectivity index (χ4v) is 3.81. The first kappa shape index (κ1) is 14.4. The van der Waals surface area contributed by atoms with Crippen molar-refractivity contribution in [1.82, 2.24) is 4.90 Å².